The minimum absolute atomic E-state index is 0.0277. The molecule has 0 bridgehead atoms. The van der Waals surface area contributed by atoms with Crippen LogP contribution in [-0.2, 0) is 11.3 Å². The van der Waals surface area contributed by atoms with Crippen molar-refractivity contribution in [1.82, 2.24) is 15.1 Å². The number of rotatable bonds is 4. The fourth-order valence-corrected chi connectivity index (χ4v) is 1.18. The van der Waals surface area contributed by atoms with E-state index in [0.29, 0.717) is 18.1 Å². The summed E-state index contributed by atoms with van der Waals surface area (Å²) in [5.74, 6) is 0.277. The number of carbonyl (C=O) groups excluding carboxylic acids is 1. The first-order chi connectivity index (χ1) is 7.17. The fourth-order valence-electron chi connectivity index (χ4n) is 0.974. The lowest BCUT2D eigenvalue weighted by molar-refractivity contribution is -0.127. The predicted molar refractivity (Wildman–Crippen MR) is 55.8 cm³/mol. The normalized spacial score (nSPS) is 9.80. The van der Waals surface area contributed by atoms with Gasteiger partial charge in [0.2, 0.25) is 11.8 Å². The van der Waals surface area contributed by atoms with Crippen LogP contribution in [0.1, 0.15) is 5.69 Å². The van der Waals surface area contributed by atoms with Gasteiger partial charge in [0.25, 0.3) is 0 Å². The number of hydrogen-bond donors (Lipinski definition) is 0. The van der Waals surface area contributed by atoms with E-state index in [0.717, 1.165) is 0 Å². The first-order valence-electron chi connectivity index (χ1n) is 4.34. The van der Waals surface area contributed by atoms with Gasteiger partial charge in [-0.2, -0.15) is 5.10 Å². The third-order valence-electron chi connectivity index (χ3n) is 1.84. The number of hydrogen-bond acceptors (Lipinski definition) is 4. The van der Waals surface area contributed by atoms with Gasteiger partial charge in [0.05, 0.1) is 19.3 Å². The van der Waals surface area contributed by atoms with Crippen molar-refractivity contribution in [2.45, 2.75) is 6.54 Å². The third-order valence-corrected chi connectivity index (χ3v) is 2.07. The summed E-state index contributed by atoms with van der Waals surface area (Å²) in [6.45, 7) is 0.391. The van der Waals surface area contributed by atoms with Crippen molar-refractivity contribution in [3.8, 4) is 5.88 Å². The molecule has 1 amide bonds. The van der Waals surface area contributed by atoms with Crippen LogP contribution in [0.25, 0.3) is 0 Å². The van der Waals surface area contributed by atoms with E-state index >= 15 is 0 Å². The van der Waals surface area contributed by atoms with Gasteiger partial charge in [-0.05, 0) is 6.07 Å². The van der Waals surface area contributed by atoms with Gasteiger partial charge in [0.15, 0.2) is 0 Å². The molecular weight excluding hydrogens is 218 g/mol. The zero-order valence-electron chi connectivity index (χ0n) is 8.61. The Labute approximate surface area is 93.0 Å². The average molecular weight is 230 g/mol. The zero-order chi connectivity index (χ0) is 11.3. The van der Waals surface area contributed by atoms with Crippen molar-refractivity contribution in [3.63, 3.8) is 0 Å². The van der Waals surface area contributed by atoms with E-state index in [9.17, 15) is 4.79 Å². The van der Waals surface area contributed by atoms with Gasteiger partial charge in [-0.1, -0.05) is 0 Å². The molecule has 1 heterocycles. The minimum atomic E-state index is -0.144. The molecule has 0 atom stereocenters. The summed E-state index contributed by atoms with van der Waals surface area (Å²) < 4.78 is 4.87. The Hall–Kier alpha value is -1.36. The summed E-state index contributed by atoms with van der Waals surface area (Å²) >= 11 is 5.41. The summed E-state index contributed by atoms with van der Waals surface area (Å²) in [6.07, 6.45) is 0. The van der Waals surface area contributed by atoms with E-state index in [1.54, 1.807) is 19.2 Å². The molecule has 1 aromatic heterocycles. The van der Waals surface area contributed by atoms with E-state index in [2.05, 4.69) is 10.2 Å². The first-order valence-corrected chi connectivity index (χ1v) is 4.87. The number of alkyl halides is 1. The zero-order valence-corrected chi connectivity index (χ0v) is 9.36. The van der Waals surface area contributed by atoms with Crippen molar-refractivity contribution >= 4 is 17.5 Å². The Bertz CT molecular complexity index is 329. The molecular formula is C9H12ClN3O2. The standard InChI is InChI=1S/C9H12ClN3O2/c1-13(9(14)5-10)6-7-3-4-8(15-2)12-11-7/h3-4H,5-6H2,1-2H3. The maximum atomic E-state index is 11.2. The van der Waals surface area contributed by atoms with Crippen LogP contribution in [0.2, 0.25) is 0 Å². The molecule has 6 heteroatoms. The number of halogens is 1. The van der Waals surface area contributed by atoms with E-state index < -0.39 is 0 Å². The lowest BCUT2D eigenvalue weighted by Crippen LogP contribution is -2.27. The van der Waals surface area contributed by atoms with E-state index in [1.807, 2.05) is 0 Å². The molecule has 0 spiro atoms. The SMILES string of the molecule is COc1ccc(CN(C)C(=O)CCl)nn1. The van der Waals surface area contributed by atoms with Crippen LogP contribution >= 0.6 is 11.6 Å². The highest BCUT2D eigenvalue weighted by Crippen LogP contribution is 2.05. The number of methoxy groups -OCH3 is 1. The van der Waals surface area contributed by atoms with Gasteiger partial charge >= 0.3 is 0 Å². The average Bonchev–Trinajstić information content (AvgIpc) is 2.29. The topological polar surface area (TPSA) is 55.3 Å². The third kappa shape index (κ3) is 3.36. The summed E-state index contributed by atoms with van der Waals surface area (Å²) in [4.78, 5) is 12.6. The van der Waals surface area contributed by atoms with Crippen LogP contribution in [0.4, 0.5) is 0 Å². The maximum absolute atomic E-state index is 11.2. The maximum Gasteiger partial charge on any atom is 0.237 e. The Kier molecular flexibility index (Phi) is 4.30. The van der Waals surface area contributed by atoms with Crippen LogP contribution in [0.3, 0.4) is 0 Å². The molecule has 0 radical (unpaired) electrons. The summed E-state index contributed by atoms with van der Waals surface area (Å²) in [6, 6.07) is 3.45. The molecule has 0 fully saturated rings. The monoisotopic (exact) mass is 229 g/mol. The lowest BCUT2D eigenvalue weighted by Gasteiger charge is -2.14. The highest BCUT2D eigenvalue weighted by molar-refractivity contribution is 6.27. The second-order valence-electron chi connectivity index (χ2n) is 2.95. The quantitative estimate of drug-likeness (QED) is 0.713. The van der Waals surface area contributed by atoms with Crippen LogP contribution in [-0.4, -0.2) is 41.0 Å². The Morgan fingerprint density at radius 2 is 2.27 bits per heavy atom. The number of nitrogens with zero attached hydrogens (tertiary/aromatic N) is 3. The van der Waals surface area contributed by atoms with E-state index in [1.165, 1.54) is 12.0 Å². The predicted octanol–water partition coefficient (Wildman–Crippen LogP) is 0.682. The van der Waals surface area contributed by atoms with Crippen molar-refractivity contribution in [1.29, 1.82) is 0 Å². The fraction of sp³-hybridized carbons (Fsp3) is 0.444. The first kappa shape index (κ1) is 11.7. The molecule has 0 aliphatic heterocycles. The molecule has 15 heavy (non-hydrogen) atoms. The molecule has 1 rings (SSSR count). The molecule has 0 aliphatic carbocycles. The Morgan fingerprint density at radius 1 is 1.53 bits per heavy atom. The molecule has 0 saturated carbocycles. The lowest BCUT2D eigenvalue weighted by atomic mass is 10.3. The van der Waals surface area contributed by atoms with Crippen molar-refractivity contribution in [2.24, 2.45) is 0 Å². The van der Waals surface area contributed by atoms with Gasteiger partial charge < -0.3 is 9.64 Å². The van der Waals surface area contributed by atoms with Gasteiger partial charge in [-0.25, -0.2) is 0 Å². The highest BCUT2D eigenvalue weighted by atomic mass is 35.5. The van der Waals surface area contributed by atoms with E-state index in [4.69, 9.17) is 16.3 Å². The number of carbonyl (C=O) groups is 1. The summed E-state index contributed by atoms with van der Waals surface area (Å²) in [5.41, 5.74) is 0.691. The molecule has 0 N–H and O–H groups in total. The molecule has 1 aromatic rings. The van der Waals surface area contributed by atoms with Crippen molar-refractivity contribution < 1.29 is 9.53 Å². The second-order valence-corrected chi connectivity index (χ2v) is 3.22. The number of ether oxygens (including phenoxy) is 1. The molecule has 0 saturated heterocycles. The number of amides is 1. The van der Waals surface area contributed by atoms with Crippen molar-refractivity contribution in [3.05, 3.63) is 17.8 Å². The van der Waals surface area contributed by atoms with Gasteiger partial charge in [0.1, 0.15) is 5.88 Å². The Balaban J connectivity index is 2.60. The smallest absolute Gasteiger partial charge is 0.237 e. The molecule has 0 unspecified atom stereocenters. The Morgan fingerprint density at radius 3 is 2.73 bits per heavy atom. The largest absolute Gasteiger partial charge is 0.480 e. The van der Waals surface area contributed by atoms with Crippen molar-refractivity contribution in [2.75, 3.05) is 20.0 Å². The molecule has 82 valence electrons. The van der Waals surface area contributed by atoms with Crippen LogP contribution < -0.4 is 4.74 Å². The van der Waals surface area contributed by atoms with Crippen LogP contribution in [0.15, 0.2) is 12.1 Å². The highest BCUT2D eigenvalue weighted by Gasteiger charge is 2.08. The second kappa shape index (κ2) is 5.50. The van der Waals surface area contributed by atoms with Gasteiger partial charge in [0, 0.05) is 13.1 Å². The van der Waals surface area contributed by atoms with E-state index in [-0.39, 0.29) is 11.8 Å². The molecule has 5 nitrogen and oxygen atoms in total. The van der Waals surface area contributed by atoms with Crippen LogP contribution in [0, 0.1) is 0 Å². The van der Waals surface area contributed by atoms with Gasteiger partial charge in [-0.15, -0.1) is 16.7 Å². The van der Waals surface area contributed by atoms with Gasteiger partial charge in [-0.3, -0.25) is 4.79 Å². The minimum Gasteiger partial charge on any atom is -0.480 e. The molecule has 0 aliphatic rings. The number of aromatic nitrogens is 2. The summed E-state index contributed by atoms with van der Waals surface area (Å²) in [5, 5.41) is 7.69. The summed E-state index contributed by atoms with van der Waals surface area (Å²) in [7, 11) is 3.18. The van der Waals surface area contributed by atoms with Crippen LogP contribution in [0.5, 0.6) is 5.88 Å². The molecule has 0 aromatic carbocycles.